The standard InChI is InChI=1S/C11H23ClO2/c1-3-5-11(10-12)6-9-14-8-4-7-13-2/h11H,3-10H2,1-2H3. The van der Waals surface area contributed by atoms with Crippen LogP contribution in [0.15, 0.2) is 0 Å². The van der Waals surface area contributed by atoms with Gasteiger partial charge in [-0.2, -0.15) is 0 Å². The molecule has 1 atom stereocenters. The van der Waals surface area contributed by atoms with Crippen molar-refractivity contribution in [3.8, 4) is 0 Å². The summed E-state index contributed by atoms with van der Waals surface area (Å²) in [6, 6.07) is 0. The number of rotatable bonds is 10. The minimum absolute atomic E-state index is 0.629. The van der Waals surface area contributed by atoms with E-state index in [-0.39, 0.29) is 0 Å². The summed E-state index contributed by atoms with van der Waals surface area (Å²) in [6.45, 7) is 4.61. The first-order chi connectivity index (χ1) is 6.85. The molecule has 0 heterocycles. The molecule has 0 spiro atoms. The first-order valence-electron chi connectivity index (χ1n) is 5.47. The third-order valence-electron chi connectivity index (χ3n) is 2.22. The van der Waals surface area contributed by atoms with Crippen molar-refractivity contribution in [1.82, 2.24) is 0 Å². The summed E-state index contributed by atoms with van der Waals surface area (Å²) in [7, 11) is 1.71. The molecule has 0 aliphatic heterocycles. The van der Waals surface area contributed by atoms with Gasteiger partial charge in [-0.3, -0.25) is 0 Å². The topological polar surface area (TPSA) is 18.5 Å². The summed E-state index contributed by atoms with van der Waals surface area (Å²) in [5.41, 5.74) is 0. The summed E-state index contributed by atoms with van der Waals surface area (Å²) in [5.74, 6) is 1.39. The molecule has 0 aromatic carbocycles. The molecule has 0 N–H and O–H groups in total. The van der Waals surface area contributed by atoms with Gasteiger partial charge in [0.1, 0.15) is 0 Å². The van der Waals surface area contributed by atoms with E-state index in [9.17, 15) is 0 Å². The van der Waals surface area contributed by atoms with Gasteiger partial charge in [0.25, 0.3) is 0 Å². The highest BCUT2D eigenvalue weighted by Gasteiger charge is 2.05. The predicted octanol–water partition coefficient (Wildman–Crippen LogP) is 3.08. The molecule has 0 amide bonds. The van der Waals surface area contributed by atoms with Crippen LogP contribution in [0.3, 0.4) is 0 Å². The molecule has 2 nitrogen and oxygen atoms in total. The van der Waals surface area contributed by atoms with Crippen LogP contribution in [0.1, 0.15) is 32.6 Å². The lowest BCUT2D eigenvalue weighted by Crippen LogP contribution is -2.08. The highest BCUT2D eigenvalue weighted by molar-refractivity contribution is 6.18. The Labute approximate surface area is 92.9 Å². The monoisotopic (exact) mass is 222 g/mol. The fourth-order valence-electron chi connectivity index (χ4n) is 1.36. The Morgan fingerprint density at radius 1 is 1.14 bits per heavy atom. The van der Waals surface area contributed by atoms with Gasteiger partial charge in [0.15, 0.2) is 0 Å². The minimum Gasteiger partial charge on any atom is -0.385 e. The molecule has 14 heavy (non-hydrogen) atoms. The number of hydrogen-bond acceptors (Lipinski definition) is 2. The maximum Gasteiger partial charge on any atom is 0.0487 e. The number of methoxy groups -OCH3 is 1. The Morgan fingerprint density at radius 3 is 2.50 bits per heavy atom. The van der Waals surface area contributed by atoms with Gasteiger partial charge >= 0.3 is 0 Å². The van der Waals surface area contributed by atoms with E-state index in [1.165, 1.54) is 12.8 Å². The van der Waals surface area contributed by atoms with Gasteiger partial charge in [-0.05, 0) is 25.2 Å². The van der Waals surface area contributed by atoms with Crippen molar-refractivity contribution in [3.63, 3.8) is 0 Å². The molecule has 0 bridgehead atoms. The third kappa shape index (κ3) is 8.79. The number of halogens is 1. The van der Waals surface area contributed by atoms with E-state index in [1.807, 2.05) is 0 Å². The fraction of sp³-hybridized carbons (Fsp3) is 1.00. The Bertz CT molecular complexity index is 109. The summed E-state index contributed by atoms with van der Waals surface area (Å²) < 4.78 is 10.4. The van der Waals surface area contributed by atoms with Crippen molar-refractivity contribution in [2.45, 2.75) is 32.6 Å². The molecule has 86 valence electrons. The molecule has 3 heteroatoms. The lowest BCUT2D eigenvalue weighted by molar-refractivity contribution is 0.0945. The van der Waals surface area contributed by atoms with Crippen LogP contribution < -0.4 is 0 Å². The average Bonchev–Trinajstić information content (AvgIpc) is 2.21. The highest BCUT2D eigenvalue weighted by atomic mass is 35.5. The molecule has 0 rings (SSSR count). The maximum absolute atomic E-state index is 5.83. The summed E-state index contributed by atoms with van der Waals surface area (Å²) in [6.07, 6.45) is 4.49. The van der Waals surface area contributed by atoms with Crippen molar-refractivity contribution >= 4 is 11.6 Å². The van der Waals surface area contributed by atoms with Crippen molar-refractivity contribution in [1.29, 1.82) is 0 Å². The van der Waals surface area contributed by atoms with E-state index >= 15 is 0 Å². The van der Waals surface area contributed by atoms with E-state index < -0.39 is 0 Å². The van der Waals surface area contributed by atoms with Crippen LogP contribution in [0.2, 0.25) is 0 Å². The molecule has 0 saturated heterocycles. The lowest BCUT2D eigenvalue weighted by Gasteiger charge is -2.12. The van der Waals surface area contributed by atoms with Crippen LogP contribution in [0.25, 0.3) is 0 Å². The molecule has 0 aromatic rings. The van der Waals surface area contributed by atoms with Crippen molar-refractivity contribution in [2.75, 3.05) is 32.8 Å². The zero-order valence-corrected chi connectivity index (χ0v) is 10.2. The number of hydrogen-bond donors (Lipinski definition) is 0. The van der Waals surface area contributed by atoms with Gasteiger partial charge < -0.3 is 9.47 Å². The van der Waals surface area contributed by atoms with Gasteiger partial charge in [0, 0.05) is 32.8 Å². The lowest BCUT2D eigenvalue weighted by atomic mass is 10.0. The molecule has 0 aliphatic carbocycles. The molecule has 1 unspecified atom stereocenters. The molecule has 0 fully saturated rings. The van der Waals surface area contributed by atoms with Crippen LogP contribution in [0, 0.1) is 5.92 Å². The quantitative estimate of drug-likeness (QED) is 0.418. The van der Waals surface area contributed by atoms with Crippen LogP contribution >= 0.6 is 11.6 Å². The van der Waals surface area contributed by atoms with Crippen LogP contribution in [0.4, 0.5) is 0 Å². The second-order valence-electron chi connectivity index (χ2n) is 3.56. The SMILES string of the molecule is CCCC(CCl)CCOCCCOC. The molecule has 0 aromatic heterocycles. The molecule has 0 radical (unpaired) electrons. The van der Waals surface area contributed by atoms with Crippen LogP contribution in [-0.2, 0) is 9.47 Å². The largest absolute Gasteiger partial charge is 0.385 e. The smallest absolute Gasteiger partial charge is 0.0487 e. The van der Waals surface area contributed by atoms with Gasteiger partial charge in [-0.25, -0.2) is 0 Å². The molecular formula is C11H23ClO2. The number of ether oxygens (including phenoxy) is 2. The van der Waals surface area contributed by atoms with Crippen LogP contribution in [-0.4, -0.2) is 32.8 Å². The van der Waals surface area contributed by atoms with Crippen molar-refractivity contribution in [2.24, 2.45) is 5.92 Å². The van der Waals surface area contributed by atoms with Gasteiger partial charge in [0.2, 0.25) is 0 Å². The summed E-state index contributed by atoms with van der Waals surface area (Å²) >= 11 is 5.83. The zero-order chi connectivity index (χ0) is 10.6. The maximum atomic E-state index is 5.83. The summed E-state index contributed by atoms with van der Waals surface area (Å²) in [4.78, 5) is 0. The zero-order valence-electron chi connectivity index (χ0n) is 9.43. The minimum atomic E-state index is 0.629. The first kappa shape index (κ1) is 14.2. The van der Waals surface area contributed by atoms with E-state index in [0.29, 0.717) is 5.92 Å². The fourth-order valence-corrected chi connectivity index (χ4v) is 1.67. The molecule has 0 aliphatic rings. The normalized spacial score (nSPS) is 13.1. The Kier molecular flexibility index (Phi) is 11.5. The van der Waals surface area contributed by atoms with E-state index in [4.69, 9.17) is 21.1 Å². The second-order valence-corrected chi connectivity index (χ2v) is 3.87. The van der Waals surface area contributed by atoms with E-state index in [2.05, 4.69) is 6.92 Å². The van der Waals surface area contributed by atoms with Gasteiger partial charge in [-0.15, -0.1) is 11.6 Å². The van der Waals surface area contributed by atoms with Crippen molar-refractivity contribution in [3.05, 3.63) is 0 Å². The molecular weight excluding hydrogens is 200 g/mol. The number of alkyl halides is 1. The van der Waals surface area contributed by atoms with E-state index in [1.54, 1.807) is 7.11 Å². The van der Waals surface area contributed by atoms with Gasteiger partial charge in [-0.1, -0.05) is 13.3 Å². The average molecular weight is 223 g/mol. The molecule has 0 saturated carbocycles. The van der Waals surface area contributed by atoms with Crippen LogP contribution in [0.5, 0.6) is 0 Å². The second kappa shape index (κ2) is 11.3. The Balaban J connectivity index is 3.15. The third-order valence-corrected chi connectivity index (χ3v) is 2.66. The predicted molar refractivity (Wildman–Crippen MR) is 61.0 cm³/mol. The Morgan fingerprint density at radius 2 is 1.93 bits per heavy atom. The first-order valence-corrected chi connectivity index (χ1v) is 6.01. The van der Waals surface area contributed by atoms with Gasteiger partial charge in [0.05, 0.1) is 0 Å². The highest BCUT2D eigenvalue weighted by Crippen LogP contribution is 2.12. The van der Waals surface area contributed by atoms with E-state index in [0.717, 1.165) is 38.5 Å². The van der Waals surface area contributed by atoms with Crippen molar-refractivity contribution < 1.29 is 9.47 Å². The Hall–Kier alpha value is 0.210. The summed E-state index contributed by atoms with van der Waals surface area (Å²) in [5, 5.41) is 0.